The van der Waals surface area contributed by atoms with E-state index in [1.54, 1.807) is 26.0 Å². The molecule has 1 aliphatic heterocycles. The van der Waals surface area contributed by atoms with Gasteiger partial charge in [-0.15, -0.1) is 0 Å². The van der Waals surface area contributed by atoms with Crippen LogP contribution in [-0.2, 0) is 4.74 Å². The van der Waals surface area contributed by atoms with E-state index in [0.29, 0.717) is 24.7 Å². The third-order valence-corrected chi connectivity index (χ3v) is 2.65. The summed E-state index contributed by atoms with van der Waals surface area (Å²) >= 11 is 0. The van der Waals surface area contributed by atoms with E-state index in [-0.39, 0.29) is 0 Å². The van der Waals surface area contributed by atoms with Gasteiger partial charge in [0.25, 0.3) is 0 Å². The predicted octanol–water partition coefficient (Wildman–Crippen LogP) is 3.15. The van der Waals surface area contributed by atoms with Crippen molar-refractivity contribution in [1.82, 2.24) is 0 Å². The standard InChI is InChI=1S/C14H28O2.C2H4O/c1-11(2)9-13(5,15)7-8-14(6,16)10-12(3)4;1-2-3-1/h7-8,11-12,15-16H,9-10H2,1-6H3;1-2H2. The molecule has 0 aromatic rings. The highest BCUT2D eigenvalue weighted by Gasteiger charge is 2.22. The minimum atomic E-state index is -0.824. The fraction of sp³-hybridized carbons (Fsp3) is 0.875. The molecule has 1 heterocycles. The van der Waals surface area contributed by atoms with E-state index in [1.165, 1.54) is 0 Å². The van der Waals surface area contributed by atoms with E-state index in [9.17, 15) is 10.2 Å². The number of aliphatic hydroxyl groups is 2. The van der Waals surface area contributed by atoms with Crippen LogP contribution in [0.5, 0.6) is 0 Å². The van der Waals surface area contributed by atoms with Gasteiger partial charge in [-0.25, -0.2) is 0 Å². The van der Waals surface area contributed by atoms with Gasteiger partial charge >= 0.3 is 0 Å². The highest BCUT2D eigenvalue weighted by Crippen LogP contribution is 2.22. The van der Waals surface area contributed by atoms with Gasteiger partial charge in [-0.1, -0.05) is 39.8 Å². The van der Waals surface area contributed by atoms with E-state index in [0.717, 1.165) is 13.2 Å². The zero-order chi connectivity index (χ0) is 15.1. The van der Waals surface area contributed by atoms with Crippen molar-refractivity contribution in [1.29, 1.82) is 0 Å². The van der Waals surface area contributed by atoms with Gasteiger partial charge in [-0.05, 0) is 38.5 Å². The average molecular weight is 272 g/mol. The molecule has 0 radical (unpaired) electrons. The average Bonchev–Trinajstić information content (AvgIpc) is 2.97. The van der Waals surface area contributed by atoms with Crippen LogP contribution in [-0.4, -0.2) is 34.6 Å². The van der Waals surface area contributed by atoms with Gasteiger partial charge in [0.1, 0.15) is 0 Å². The van der Waals surface area contributed by atoms with E-state index >= 15 is 0 Å². The molecule has 0 aromatic heterocycles. The van der Waals surface area contributed by atoms with Gasteiger partial charge in [0, 0.05) is 0 Å². The smallest absolute Gasteiger partial charge is 0.0803 e. The third-order valence-electron chi connectivity index (χ3n) is 2.65. The van der Waals surface area contributed by atoms with E-state index in [1.807, 2.05) is 0 Å². The molecule has 0 aliphatic carbocycles. The number of hydrogen-bond acceptors (Lipinski definition) is 3. The first kappa shape index (κ1) is 18.6. The lowest BCUT2D eigenvalue weighted by molar-refractivity contribution is 0.0700. The number of epoxide rings is 1. The van der Waals surface area contributed by atoms with Crippen LogP contribution in [0.1, 0.15) is 54.4 Å². The van der Waals surface area contributed by atoms with Gasteiger partial charge < -0.3 is 14.9 Å². The Bertz CT molecular complexity index is 236. The summed E-state index contributed by atoms with van der Waals surface area (Å²) in [5.74, 6) is 0.879. The molecule has 1 aliphatic rings. The van der Waals surface area contributed by atoms with Gasteiger partial charge in [-0.3, -0.25) is 0 Å². The monoisotopic (exact) mass is 272 g/mol. The second-order valence-electron chi connectivity index (χ2n) is 6.86. The summed E-state index contributed by atoms with van der Waals surface area (Å²) in [5, 5.41) is 20.2. The maximum absolute atomic E-state index is 10.1. The summed E-state index contributed by atoms with van der Waals surface area (Å²) < 4.78 is 4.50. The molecule has 0 spiro atoms. The topological polar surface area (TPSA) is 53.0 Å². The molecule has 1 rings (SSSR count). The first-order valence-electron chi connectivity index (χ1n) is 7.27. The molecule has 2 N–H and O–H groups in total. The largest absolute Gasteiger partial charge is 0.386 e. The first-order chi connectivity index (χ1) is 8.54. The van der Waals surface area contributed by atoms with E-state index in [2.05, 4.69) is 32.4 Å². The van der Waals surface area contributed by atoms with Crippen molar-refractivity contribution in [3.8, 4) is 0 Å². The number of rotatable bonds is 6. The van der Waals surface area contributed by atoms with Crippen LogP contribution < -0.4 is 0 Å². The summed E-state index contributed by atoms with van der Waals surface area (Å²) in [4.78, 5) is 0. The van der Waals surface area contributed by atoms with Crippen molar-refractivity contribution in [3.05, 3.63) is 12.2 Å². The maximum atomic E-state index is 10.1. The second-order valence-corrected chi connectivity index (χ2v) is 6.86. The Morgan fingerprint density at radius 1 is 0.895 bits per heavy atom. The summed E-state index contributed by atoms with van der Waals surface area (Å²) in [6.07, 6.45) is 4.88. The highest BCUT2D eigenvalue weighted by molar-refractivity contribution is 5.06. The molecule has 3 heteroatoms. The summed E-state index contributed by atoms with van der Waals surface area (Å²) in [6.45, 7) is 13.9. The fourth-order valence-electron chi connectivity index (χ4n) is 2.15. The Kier molecular flexibility index (Phi) is 7.87. The molecule has 114 valence electrons. The minimum Gasteiger partial charge on any atom is -0.386 e. The molecule has 2 atom stereocenters. The van der Waals surface area contributed by atoms with Crippen molar-refractivity contribution in [2.75, 3.05) is 13.2 Å². The predicted molar refractivity (Wildman–Crippen MR) is 80.1 cm³/mol. The molecular weight excluding hydrogens is 240 g/mol. The van der Waals surface area contributed by atoms with Crippen LogP contribution >= 0.6 is 0 Å². The highest BCUT2D eigenvalue weighted by atomic mass is 16.6. The van der Waals surface area contributed by atoms with Crippen LogP contribution in [0, 0.1) is 11.8 Å². The molecule has 0 aromatic carbocycles. The summed E-state index contributed by atoms with van der Waals surface area (Å²) in [5.41, 5.74) is -1.65. The first-order valence-corrected chi connectivity index (χ1v) is 7.27. The number of ether oxygens (including phenoxy) is 1. The van der Waals surface area contributed by atoms with Crippen LogP contribution in [0.25, 0.3) is 0 Å². The Labute approximate surface area is 118 Å². The van der Waals surface area contributed by atoms with Crippen molar-refractivity contribution in [2.24, 2.45) is 11.8 Å². The van der Waals surface area contributed by atoms with Crippen molar-refractivity contribution in [2.45, 2.75) is 65.6 Å². The minimum absolute atomic E-state index is 0.440. The number of hydrogen-bond donors (Lipinski definition) is 2. The molecule has 3 nitrogen and oxygen atoms in total. The van der Waals surface area contributed by atoms with Crippen molar-refractivity contribution in [3.63, 3.8) is 0 Å². The molecule has 19 heavy (non-hydrogen) atoms. The van der Waals surface area contributed by atoms with Crippen molar-refractivity contribution >= 4 is 0 Å². The van der Waals surface area contributed by atoms with Crippen LogP contribution in [0.15, 0.2) is 12.2 Å². The summed E-state index contributed by atoms with van der Waals surface area (Å²) in [6, 6.07) is 0. The second kappa shape index (κ2) is 8.03. The SMILES string of the molecule is C1CO1.CC(C)CC(C)(O)C=CC(C)(O)CC(C)C. The Balaban J connectivity index is 0.000000934. The van der Waals surface area contributed by atoms with Gasteiger partial charge in [0.15, 0.2) is 0 Å². The van der Waals surface area contributed by atoms with Gasteiger partial charge in [0.05, 0.1) is 24.4 Å². The molecular formula is C16H32O3. The van der Waals surface area contributed by atoms with E-state index in [4.69, 9.17) is 0 Å². The van der Waals surface area contributed by atoms with Crippen molar-refractivity contribution < 1.29 is 14.9 Å². The maximum Gasteiger partial charge on any atom is 0.0803 e. The van der Waals surface area contributed by atoms with Gasteiger partial charge in [0.2, 0.25) is 0 Å². The van der Waals surface area contributed by atoms with E-state index < -0.39 is 11.2 Å². The fourth-order valence-corrected chi connectivity index (χ4v) is 2.15. The van der Waals surface area contributed by atoms with Crippen LogP contribution in [0.4, 0.5) is 0 Å². The molecule has 0 bridgehead atoms. The quantitative estimate of drug-likeness (QED) is 0.577. The molecule has 0 amide bonds. The Hall–Kier alpha value is -0.380. The molecule has 1 saturated heterocycles. The lowest BCUT2D eigenvalue weighted by Crippen LogP contribution is -2.28. The lowest BCUT2D eigenvalue weighted by Gasteiger charge is -2.25. The molecule has 1 fully saturated rings. The Morgan fingerprint density at radius 2 is 1.16 bits per heavy atom. The van der Waals surface area contributed by atoms with Crippen LogP contribution in [0.3, 0.4) is 0 Å². The normalized spacial score (nSPS) is 20.9. The Morgan fingerprint density at radius 3 is 1.32 bits per heavy atom. The van der Waals surface area contributed by atoms with Crippen LogP contribution in [0.2, 0.25) is 0 Å². The zero-order valence-electron chi connectivity index (χ0n) is 13.4. The molecule has 2 unspecified atom stereocenters. The van der Waals surface area contributed by atoms with Gasteiger partial charge in [-0.2, -0.15) is 0 Å². The third kappa shape index (κ3) is 13.8. The summed E-state index contributed by atoms with van der Waals surface area (Å²) in [7, 11) is 0. The molecule has 0 saturated carbocycles. The lowest BCUT2D eigenvalue weighted by atomic mass is 9.89. The zero-order valence-corrected chi connectivity index (χ0v) is 13.4.